The monoisotopic (exact) mass is 285 g/mol. The van der Waals surface area contributed by atoms with Crippen molar-refractivity contribution in [3.05, 3.63) is 0 Å². The van der Waals surface area contributed by atoms with Crippen LogP contribution in [0.15, 0.2) is 0 Å². The van der Waals surface area contributed by atoms with E-state index in [1.165, 1.54) is 19.4 Å². The van der Waals surface area contributed by atoms with E-state index < -0.39 is 5.54 Å². The maximum atomic E-state index is 12.1. The van der Waals surface area contributed by atoms with E-state index in [1.807, 2.05) is 20.9 Å². The number of carbonyl (C=O) groups excluding carboxylic acids is 1. The molecule has 0 aromatic rings. The molecule has 0 amide bonds. The third-order valence-corrected chi connectivity index (χ3v) is 4.29. The summed E-state index contributed by atoms with van der Waals surface area (Å²) in [6, 6.07) is 0.619. The third kappa shape index (κ3) is 4.43. The van der Waals surface area contributed by atoms with Gasteiger partial charge in [-0.1, -0.05) is 6.92 Å². The van der Waals surface area contributed by atoms with Gasteiger partial charge in [0.25, 0.3) is 0 Å². The summed E-state index contributed by atoms with van der Waals surface area (Å²) in [6.45, 7) is 10.4. The standard InChI is InChI=1S/C15H31N3O2/c1-6-18-10-8-9-13(18)11-17(5)12-15(3,16-4)14(19)20-7-2/h13,16H,6-12H2,1-5H3. The van der Waals surface area contributed by atoms with Gasteiger partial charge in [-0.3, -0.25) is 9.69 Å². The van der Waals surface area contributed by atoms with Crippen LogP contribution in [0.5, 0.6) is 0 Å². The fourth-order valence-electron chi connectivity index (χ4n) is 3.02. The third-order valence-electron chi connectivity index (χ3n) is 4.29. The van der Waals surface area contributed by atoms with Gasteiger partial charge in [0.2, 0.25) is 0 Å². The molecule has 1 N–H and O–H groups in total. The van der Waals surface area contributed by atoms with Gasteiger partial charge in [-0.2, -0.15) is 0 Å². The van der Waals surface area contributed by atoms with Gasteiger partial charge < -0.3 is 15.0 Å². The molecule has 2 unspecified atom stereocenters. The Morgan fingerprint density at radius 3 is 2.75 bits per heavy atom. The zero-order valence-corrected chi connectivity index (χ0v) is 13.7. The molecule has 2 atom stereocenters. The summed E-state index contributed by atoms with van der Waals surface area (Å²) in [4.78, 5) is 16.8. The van der Waals surface area contributed by atoms with Crippen LogP contribution in [0, 0.1) is 0 Å². The number of ether oxygens (including phenoxy) is 1. The van der Waals surface area contributed by atoms with E-state index in [9.17, 15) is 4.79 Å². The molecule has 1 aliphatic rings. The smallest absolute Gasteiger partial charge is 0.327 e. The molecule has 0 radical (unpaired) electrons. The van der Waals surface area contributed by atoms with Crippen LogP contribution in [0.1, 0.15) is 33.6 Å². The largest absolute Gasteiger partial charge is 0.465 e. The SMILES string of the molecule is CCOC(=O)C(C)(CN(C)CC1CCCN1CC)NC. The second kappa shape index (κ2) is 7.96. The van der Waals surface area contributed by atoms with Crippen molar-refractivity contribution in [2.24, 2.45) is 0 Å². The Bertz CT molecular complexity index is 311. The van der Waals surface area contributed by atoms with E-state index in [4.69, 9.17) is 4.74 Å². The summed E-state index contributed by atoms with van der Waals surface area (Å²) in [5.41, 5.74) is -0.638. The molecule has 0 bridgehead atoms. The summed E-state index contributed by atoms with van der Waals surface area (Å²) >= 11 is 0. The molecule has 1 heterocycles. The van der Waals surface area contributed by atoms with Gasteiger partial charge in [-0.25, -0.2) is 0 Å². The highest BCUT2D eigenvalue weighted by molar-refractivity contribution is 5.80. The fourth-order valence-corrected chi connectivity index (χ4v) is 3.02. The van der Waals surface area contributed by atoms with Crippen molar-refractivity contribution in [2.45, 2.75) is 45.2 Å². The number of esters is 1. The van der Waals surface area contributed by atoms with E-state index in [0.29, 0.717) is 19.2 Å². The molecule has 5 nitrogen and oxygen atoms in total. The lowest BCUT2D eigenvalue weighted by atomic mass is 10.0. The summed E-state index contributed by atoms with van der Waals surface area (Å²) in [7, 11) is 3.90. The van der Waals surface area contributed by atoms with Gasteiger partial charge in [0.15, 0.2) is 0 Å². The van der Waals surface area contributed by atoms with Crippen LogP contribution in [-0.4, -0.2) is 74.2 Å². The van der Waals surface area contributed by atoms with Gasteiger partial charge in [0, 0.05) is 19.1 Å². The minimum atomic E-state index is -0.638. The first-order valence-electron chi connectivity index (χ1n) is 7.75. The van der Waals surface area contributed by atoms with Gasteiger partial charge in [0.05, 0.1) is 6.61 Å². The zero-order valence-electron chi connectivity index (χ0n) is 13.7. The van der Waals surface area contributed by atoms with Gasteiger partial charge in [-0.05, 0) is 53.9 Å². The molecule has 118 valence electrons. The van der Waals surface area contributed by atoms with E-state index in [0.717, 1.165) is 13.1 Å². The highest BCUT2D eigenvalue weighted by Gasteiger charge is 2.35. The van der Waals surface area contributed by atoms with E-state index in [-0.39, 0.29) is 5.97 Å². The molecule has 1 rings (SSSR count). The lowest BCUT2D eigenvalue weighted by Gasteiger charge is -2.34. The molecule has 1 fully saturated rings. The van der Waals surface area contributed by atoms with Crippen molar-refractivity contribution in [3.63, 3.8) is 0 Å². The number of carbonyl (C=O) groups is 1. The van der Waals surface area contributed by atoms with Crippen molar-refractivity contribution in [2.75, 3.05) is 46.9 Å². The zero-order chi connectivity index (χ0) is 15.2. The average Bonchev–Trinajstić information content (AvgIpc) is 2.85. The van der Waals surface area contributed by atoms with Crippen molar-refractivity contribution in [1.29, 1.82) is 0 Å². The summed E-state index contributed by atoms with van der Waals surface area (Å²) in [5, 5.41) is 3.11. The second-order valence-electron chi connectivity index (χ2n) is 5.92. The van der Waals surface area contributed by atoms with Crippen molar-refractivity contribution >= 4 is 5.97 Å². The van der Waals surface area contributed by atoms with Gasteiger partial charge in [-0.15, -0.1) is 0 Å². The highest BCUT2D eigenvalue weighted by Crippen LogP contribution is 2.18. The first-order chi connectivity index (χ1) is 9.46. The molecule has 5 heteroatoms. The lowest BCUT2D eigenvalue weighted by molar-refractivity contribution is -0.151. The number of nitrogens with zero attached hydrogens (tertiary/aromatic N) is 2. The topological polar surface area (TPSA) is 44.8 Å². The molecule has 20 heavy (non-hydrogen) atoms. The maximum Gasteiger partial charge on any atom is 0.327 e. The Morgan fingerprint density at radius 1 is 1.50 bits per heavy atom. The average molecular weight is 285 g/mol. The van der Waals surface area contributed by atoms with Crippen LogP contribution < -0.4 is 5.32 Å². The highest BCUT2D eigenvalue weighted by atomic mass is 16.5. The van der Waals surface area contributed by atoms with Crippen molar-refractivity contribution < 1.29 is 9.53 Å². The number of hydrogen-bond acceptors (Lipinski definition) is 5. The predicted molar refractivity (Wildman–Crippen MR) is 81.9 cm³/mol. The van der Waals surface area contributed by atoms with Crippen LogP contribution in [0.25, 0.3) is 0 Å². The first-order valence-corrected chi connectivity index (χ1v) is 7.75. The van der Waals surface area contributed by atoms with Crippen LogP contribution in [-0.2, 0) is 9.53 Å². The number of likely N-dealkylation sites (N-methyl/N-ethyl adjacent to an activating group) is 3. The Morgan fingerprint density at radius 2 is 2.20 bits per heavy atom. The van der Waals surface area contributed by atoms with E-state index >= 15 is 0 Å². The molecular formula is C15H31N3O2. The Labute approximate surface area is 123 Å². The van der Waals surface area contributed by atoms with E-state index in [1.54, 1.807) is 0 Å². The minimum Gasteiger partial charge on any atom is -0.465 e. The van der Waals surface area contributed by atoms with Crippen LogP contribution in [0.3, 0.4) is 0 Å². The van der Waals surface area contributed by atoms with Crippen LogP contribution >= 0.6 is 0 Å². The number of nitrogens with one attached hydrogen (secondary N) is 1. The molecule has 0 aromatic carbocycles. The maximum absolute atomic E-state index is 12.1. The molecule has 0 aromatic heterocycles. The van der Waals surface area contributed by atoms with Crippen LogP contribution in [0.4, 0.5) is 0 Å². The van der Waals surface area contributed by atoms with Gasteiger partial charge in [0.1, 0.15) is 5.54 Å². The van der Waals surface area contributed by atoms with Crippen molar-refractivity contribution in [1.82, 2.24) is 15.1 Å². The first kappa shape index (κ1) is 17.4. The summed E-state index contributed by atoms with van der Waals surface area (Å²) in [6.07, 6.45) is 2.54. The van der Waals surface area contributed by atoms with Gasteiger partial charge >= 0.3 is 5.97 Å². The minimum absolute atomic E-state index is 0.173. The molecule has 0 spiro atoms. The number of hydrogen-bond donors (Lipinski definition) is 1. The Balaban J connectivity index is 2.54. The fraction of sp³-hybridized carbons (Fsp3) is 0.933. The van der Waals surface area contributed by atoms with Crippen molar-refractivity contribution in [3.8, 4) is 0 Å². The Kier molecular flexibility index (Phi) is 6.92. The lowest BCUT2D eigenvalue weighted by Crippen LogP contribution is -2.56. The normalized spacial score (nSPS) is 23.0. The predicted octanol–water partition coefficient (Wildman–Crippen LogP) is 0.944. The molecule has 1 aliphatic heterocycles. The number of rotatable bonds is 8. The quantitative estimate of drug-likeness (QED) is 0.673. The summed E-state index contributed by atoms with van der Waals surface area (Å²) < 4.78 is 5.17. The molecule has 0 saturated carbocycles. The summed E-state index contributed by atoms with van der Waals surface area (Å²) in [5.74, 6) is -0.173. The molecule has 1 saturated heterocycles. The van der Waals surface area contributed by atoms with Crippen LogP contribution in [0.2, 0.25) is 0 Å². The van der Waals surface area contributed by atoms with E-state index in [2.05, 4.69) is 29.1 Å². The second-order valence-corrected chi connectivity index (χ2v) is 5.92. The molecular weight excluding hydrogens is 254 g/mol. The molecule has 0 aliphatic carbocycles. The number of likely N-dealkylation sites (tertiary alicyclic amines) is 1. The Hall–Kier alpha value is -0.650.